The number of aromatic carboxylic acids is 1. The summed E-state index contributed by atoms with van der Waals surface area (Å²) in [7, 11) is 0. The van der Waals surface area contributed by atoms with E-state index in [1.165, 1.54) is 18.3 Å². The molecule has 0 aliphatic heterocycles. The lowest BCUT2D eigenvalue weighted by Crippen LogP contribution is -2.30. The van der Waals surface area contributed by atoms with Crippen LogP contribution in [0.2, 0.25) is 0 Å². The van der Waals surface area contributed by atoms with Gasteiger partial charge in [0.05, 0.1) is 5.56 Å². The Hall–Kier alpha value is -1.91. The third-order valence-corrected chi connectivity index (χ3v) is 2.56. The first-order chi connectivity index (χ1) is 8.06. The van der Waals surface area contributed by atoms with Gasteiger partial charge in [-0.3, -0.25) is 9.78 Å². The summed E-state index contributed by atoms with van der Waals surface area (Å²) in [5, 5.41) is 11.6. The molecular weight excluding hydrogens is 220 g/mol. The van der Waals surface area contributed by atoms with Crippen LogP contribution in [0.3, 0.4) is 0 Å². The van der Waals surface area contributed by atoms with Gasteiger partial charge < -0.3 is 10.4 Å². The maximum Gasteiger partial charge on any atom is 0.338 e. The molecule has 0 saturated carbocycles. The van der Waals surface area contributed by atoms with Crippen molar-refractivity contribution in [3.8, 4) is 0 Å². The van der Waals surface area contributed by atoms with Crippen molar-refractivity contribution in [3.05, 3.63) is 29.6 Å². The van der Waals surface area contributed by atoms with E-state index in [1.807, 2.05) is 13.8 Å². The lowest BCUT2D eigenvalue weighted by molar-refractivity contribution is 0.0690. The van der Waals surface area contributed by atoms with E-state index in [9.17, 15) is 9.59 Å². The number of nitrogens with zero attached hydrogens (tertiary/aromatic N) is 1. The normalized spacial score (nSPS) is 11.9. The first-order valence-electron chi connectivity index (χ1n) is 5.52. The van der Waals surface area contributed by atoms with Gasteiger partial charge in [-0.1, -0.05) is 20.3 Å². The molecule has 1 amide bonds. The van der Waals surface area contributed by atoms with Crippen LogP contribution in [0.4, 0.5) is 0 Å². The molecule has 0 aliphatic rings. The van der Waals surface area contributed by atoms with Crippen LogP contribution in [0, 0.1) is 5.92 Å². The third-order valence-electron chi connectivity index (χ3n) is 2.56. The van der Waals surface area contributed by atoms with Gasteiger partial charge in [-0.25, -0.2) is 4.79 Å². The molecule has 0 spiro atoms. The van der Waals surface area contributed by atoms with E-state index in [4.69, 9.17) is 5.11 Å². The Morgan fingerprint density at radius 3 is 2.82 bits per heavy atom. The highest BCUT2D eigenvalue weighted by Crippen LogP contribution is 2.06. The molecule has 0 aromatic carbocycles. The zero-order valence-electron chi connectivity index (χ0n) is 9.93. The predicted octanol–water partition coefficient (Wildman–Crippen LogP) is 1.56. The van der Waals surface area contributed by atoms with Crippen molar-refractivity contribution in [2.24, 2.45) is 5.92 Å². The first kappa shape index (κ1) is 13.2. The molecule has 1 unspecified atom stereocenters. The molecule has 1 heterocycles. The second-order valence-corrected chi connectivity index (χ2v) is 3.93. The number of carbonyl (C=O) groups is 2. The molecule has 1 aromatic rings. The van der Waals surface area contributed by atoms with Crippen LogP contribution in [-0.4, -0.2) is 28.5 Å². The lowest BCUT2D eigenvalue weighted by Gasteiger charge is -2.10. The second-order valence-electron chi connectivity index (χ2n) is 3.93. The Bertz CT molecular complexity index is 418. The van der Waals surface area contributed by atoms with Crippen molar-refractivity contribution in [1.29, 1.82) is 0 Å². The number of amides is 1. The van der Waals surface area contributed by atoms with E-state index < -0.39 is 11.9 Å². The Morgan fingerprint density at radius 2 is 2.24 bits per heavy atom. The zero-order valence-corrected chi connectivity index (χ0v) is 9.93. The van der Waals surface area contributed by atoms with Crippen molar-refractivity contribution in [2.45, 2.75) is 20.3 Å². The van der Waals surface area contributed by atoms with Gasteiger partial charge in [0.1, 0.15) is 5.69 Å². The topological polar surface area (TPSA) is 79.3 Å². The maximum absolute atomic E-state index is 11.8. The van der Waals surface area contributed by atoms with Crippen molar-refractivity contribution in [2.75, 3.05) is 6.54 Å². The maximum atomic E-state index is 11.8. The fourth-order valence-corrected chi connectivity index (χ4v) is 1.25. The van der Waals surface area contributed by atoms with E-state index in [0.29, 0.717) is 12.5 Å². The molecule has 1 rings (SSSR count). The molecule has 5 nitrogen and oxygen atoms in total. The number of aromatic nitrogens is 1. The SMILES string of the molecule is CCC(C)CNC(=O)c1ncccc1C(=O)O. The van der Waals surface area contributed by atoms with Crippen LogP contribution >= 0.6 is 0 Å². The van der Waals surface area contributed by atoms with Crippen LogP contribution < -0.4 is 5.32 Å². The smallest absolute Gasteiger partial charge is 0.338 e. The van der Waals surface area contributed by atoms with Crippen molar-refractivity contribution in [1.82, 2.24) is 10.3 Å². The Kier molecular flexibility index (Phi) is 4.63. The Morgan fingerprint density at radius 1 is 1.53 bits per heavy atom. The van der Waals surface area contributed by atoms with Gasteiger partial charge in [0.15, 0.2) is 0 Å². The predicted molar refractivity (Wildman–Crippen MR) is 63.0 cm³/mol. The second kappa shape index (κ2) is 5.98. The summed E-state index contributed by atoms with van der Waals surface area (Å²) in [6.07, 6.45) is 2.36. The fourth-order valence-electron chi connectivity index (χ4n) is 1.25. The standard InChI is InChI=1S/C12H16N2O3/c1-3-8(2)7-14-11(15)10-9(12(16)17)5-4-6-13-10/h4-6,8H,3,7H2,1-2H3,(H,14,15)(H,16,17). The molecule has 0 saturated heterocycles. The summed E-state index contributed by atoms with van der Waals surface area (Å²) >= 11 is 0. The van der Waals surface area contributed by atoms with Crippen LogP contribution in [0.25, 0.3) is 0 Å². The van der Waals surface area contributed by atoms with E-state index in [0.717, 1.165) is 6.42 Å². The summed E-state index contributed by atoms with van der Waals surface area (Å²) < 4.78 is 0. The molecule has 0 radical (unpaired) electrons. The van der Waals surface area contributed by atoms with Gasteiger partial charge in [0, 0.05) is 12.7 Å². The molecule has 92 valence electrons. The van der Waals surface area contributed by atoms with Crippen molar-refractivity contribution < 1.29 is 14.7 Å². The number of pyridine rings is 1. The molecule has 0 bridgehead atoms. The van der Waals surface area contributed by atoms with E-state index >= 15 is 0 Å². The van der Waals surface area contributed by atoms with E-state index in [-0.39, 0.29) is 11.3 Å². The average Bonchev–Trinajstić information content (AvgIpc) is 2.35. The number of hydrogen-bond donors (Lipinski definition) is 2. The van der Waals surface area contributed by atoms with Gasteiger partial charge in [-0.15, -0.1) is 0 Å². The number of hydrogen-bond acceptors (Lipinski definition) is 3. The number of nitrogens with one attached hydrogen (secondary N) is 1. The summed E-state index contributed by atoms with van der Waals surface area (Å²) in [6.45, 7) is 4.56. The molecule has 1 aromatic heterocycles. The molecular formula is C12H16N2O3. The van der Waals surface area contributed by atoms with E-state index in [1.54, 1.807) is 0 Å². The summed E-state index contributed by atoms with van der Waals surface area (Å²) in [5.41, 5.74) is -0.113. The van der Waals surface area contributed by atoms with Crippen molar-refractivity contribution in [3.63, 3.8) is 0 Å². The molecule has 5 heteroatoms. The van der Waals surface area contributed by atoms with Crippen LogP contribution in [0.1, 0.15) is 41.1 Å². The van der Waals surface area contributed by atoms with Crippen molar-refractivity contribution >= 4 is 11.9 Å². The first-order valence-corrected chi connectivity index (χ1v) is 5.52. The summed E-state index contributed by atoms with van der Waals surface area (Å²) in [4.78, 5) is 26.5. The van der Waals surface area contributed by atoms with Gasteiger partial charge in [0.25, 0.3) is 5.91 Å². The van der Waals surface area contributed by atoms with Gasteiger partial charge >= 0.3 is 5.97 Å². The number of rotatable bonds is 5. The van der Waals surface area contributed by atoms with E-state index in [2.05, 4.69) is 10.3 Å². The number of carboxylic acid groups (broad SMARTS) is 1. The minimum absolute atomic E-state index is 0.0386. The highest BCUT2D eigenvalue weighted by molar-refractivity contribution is 6.03. The highest BCUT2D eigenvalue weighted by Gasteiger charge is 2.17. The third kappa shape index (κ3) is 3.55. The minimum atomic E-state index is -1.15. The Balaban J connectivity index is 2.78. The summed E-state index contributed by atoms with van der Waals surface area (Å²) in [6, 6.07) is 2.86. The molecule has 17 heavy (non-hydrogen) atoms. The molecule has 0 aliphatic carbocycles. The fraction of sp³-hybridized carbons (Fsp3) is 0.417. The largest absolute Gasteiger partial charge is 0.478 e. The Labute approximate surface area is 99.9 Å². The molecule has 2 N–H and O–H groups in total. The van der Waals surface area contributed by atoms with Gasteiger partial charge in [0.2, 0.25) is 0 Å². The average molecular weight is 236 g/mol. The monoisotopic (exact) mass is 236 g/mol. The number of carbonyl (C=O) groups excluding carboxylic acids is 1. The molecule has 1 atom stereocenters. The zero-order chi connectivity index (χ0) is 12.8. The van der Waals surface area contributed by atoms with Gasteiger partial charge in [-0.05, 0) is 18.1 Å². The number of carboxylic acids is 1. The van der Waals surface area contributed by atoms with Crippen LogP contribution in [0.5, 0.6) is 0 Å². The lowest BCUT2D eigenvalue weighted by atomic mass is 10.1. The van der Waals surface area contributed by atoms with Gasteiger partial charge in [-0.2, -0.15) is 0 Å². The molecule has 0 fully saturated rings. The summed E-state index contributed by atoms with van der Waals surface area (Å²) in [5.74, 6) is -1.23. The quantitative estimate of drug-likeness (QED) is 0.813. The van der Waals surface area contributed by atoms with Crippen LogP contribution in [0.15, 0.2) is 18.3 Å². The highest BCUT2D eigenvalue weighted by atomic mass is 16.4. The van der Waals surface area contributed by atoms with Crippen LogP contribution in [-0.2, 0) is 0 Å². The minimum Gasteiger partial charge on any atom is -0.478 e.